The van der Waals surface area contributed by atoms with Gasteiger partial charge in [0.2, 0.25) is 5.89 Å². The molecule has 2 aromatic rings. The first-order valence-corrected chi connectivity index (χ1v) is 10.3. The highest BCUT2D eigenvalue weighted by atomic mass is 16.6. The molecule has 7 nitrogen and oxygen atoms in total. The van der Waals surface area contributed by atoms with E-state index < -0.39 is 0 Å². The Bertz CT molecular complexity index is 888. The second-order valence-electron chi connectivity index (χ2n) is 8.41. The molecule has 1 saturated heterocycles. The van der Waals surface area contributed by atoms with Crippen LogP contribution in [0.25, 0.3) is 0 Å². The lowest BCUT2D eigenvalue weighted by atomic mass is 10.0. The molecule has 0 bridgehead atoms. The number of benzene rings is 1. The van der Waals surface area contributed by atoms with Gasteiger partial charge in [0.15, 0.2) is 5.82 Å². The van der Waals surface area contributed by atoms with Gasteiger partial charge in [-0.05, 0) is 24.8 Å². The van der Waals surface area contributed by atoms with Crippen LogP contribution in [-0.4, -0.2) is 53.4 Å². The van der Waals surface area contributed by atoms with Crippen molar-refractivity contribution in [1.82, 2.24) is 20.4 Å². The van der Waals surface area contributed by atoms with Gasteiger partial charge >= 0.3 is 6.09 Å². The number of carbonyl (C=O) groups excluding carboxylic acids is 1. The molecule has 5 rings (SSSR count). The summed E-state index contributed by atoms with van der Waals surface area (Å²) >= 11 is 0. The Balaban J connectivity index is 1.33. The fourth-order valence-electron chi connectivity index (χ4n) is 4.12. The van der Waals surface area contributed by atoms with Crippen molar-refractivity contribution in [2.75, 3.05) is 26.2 Å². The van der Waals surface area contributed by atoms with Crippen LogP contribution < -0.4 is 5.32 Å². The van der Waals surface area contributed by atoms with E-state index in [-0.39, 0.29) is 24.2 Å². The lowest BCUT2D eigenvalue weighted by Crippen LogP contribution is -2.41. The third-order valence-electron chi connectivity index (χ3n) is 6.32. The van der Waals surface area contributed by atoms with Gasteiger partial charge in [0.05, 0.1) is 11.3 Å². The lowest BCUT2D eigenvalue weighted by Gasteiger charge is -2.26. The highest BCUT2D eigenvalue weighted by Gasteiger charge is 2.55. The summed E-state index contributed by atoms with van der Waals surface area (Å²) in [5.74, 6) is 2.11. The van der Waals surface area contributed by atoms with Crippen LogP contribution >= 0.6 is 0 Å². The van der Waals surface area contributed by atoms with E-state index in [1.54, 1.807) is 6.08 Å². The molecular formula is C22H26N4O3. The number of hydrogen-bond acceptors (Lipinski definition) is 6. The van der Waals surface area contributed by atoms with Crippen molar-refractivity contribution in [3.63, 3.8) is 0 Å². The van der Waals surface area contributed by atoms with Crippen LogP contribution in [0.5, 0.6) is 0 Å². The first-order chi connectivity index (χ1) is 14.2. The van der Waals surface area contributed by atoms with E-state index in [1.807, 2.05) is 23.1 Å². The number of nitrogens with zero attached hydrogens (tertiary/aromatic N) is 3. The summed E-state index contributed by atoms with van der Waals surface area (Å²) in [4.78, 5) is 19.4. The van der Waals surface area contributed by atoms with E-state index in [2.05, 4.69) is 34.2 Å². The van der Waals surface area contributed by atoms with Gasteiger partial charge in [-0.3, -0.25) is 0 Å². The number of carbonyl (C=O) groups is 1. The van der Waals surface area contributed by atoms with E-state index >= 15 is 0 Å². The smallest absolute Gasteiger partial charge is 0.410 e. The molecule has 7 heteroatoms. The van der Waals surface area contributed by atoms with Crippen molar-refractivity contribution >= 4 is 6.09 Å². The monoisotopic (exact) mass is 394 g/mol. The molecule has 3 aliphatic rings. The van der Waals surface area contributed by atoms with Crippen molar-refractivity contribution in [2.24, 2.45) is 0 Å². The van der Waals surface area contributed by atoms with Crippen molar-refractivity contribution in [3.8, 4) is 0 Å². The van der Waals surface area contributed by atoms with Gasteiger partial charge in [-0.15, -0.1) is 0 Å². The summed E-state index contributed by atoms with van der Waals surface area (Å²) in [6, 6.07) is 10.5. The summed E-state index contributed by atoms with van der Waals surface area (Å²) in [6.45, 7) is 6.20. The molecule has 2 saturated carbocycles. The number of hydrogen-bond donors (Lipinski definition) is 1. The molecule has 2 atom stereocenters. The standard InChI is InChI=1S/C22H26N4O3/c1-2-10-28-21(27)26(18-11-17(18)15-6-4-3-5-7-15)14-22(8-9-22)20-24-19(29-25-20)16-12-23-13-16/h2-7,16-18,23H,1,8-14H2/t17?,18-/m0/s1. The fraction of sp³-hybridized carbons (Fsp3) is 0.500. The summed E-state index contributed by atoms with van der Waals surface area (Å²) in [6.07, 6.45) is 4.19. The maximum atomic E-state index is 12.8. The van der Waals surface area contributed by atoms with Gasteiger partial charge < -0.3 is 19.5 Å². The van der Waals surface area contributed by atoms with Gasteiger partial charge in [-0.1, -0.05) is 48.1 Å². The molecule has 0 radical (unpaired) electrons. The second kappa shape index (κ2) is 7.30. The zero-order chi connectivity index (χ0) is 19.8. The van der Waals surface area contributed by atoms with Gasteiger partial charge in [0.25, 0.3) is 0 Å². The summed E-state index contributed by atoms with van der Waals surface area (Å²) in [5, 5.41) is 7.50. The summed E-state index contributed by atoms with van der Waals surface area (Å²) < 4.78 is 10.9. The number of amides is 1. The minimum Gasteiger partial charge on any atom is -0.445 e. The van der Waals surface area contributed by atoms with Crippen LogP contribution in [0.4, 0.5) is 4.79 Å². The van der Waals surface area contributed by atoms with E-state index in [0.29, 0.717) is 24.3 Å². The SMILES string of the molecule is C=CCOC(=O)N(CC1(c2noc(C3CNC3)n2)CC1)[C@H]1CC1c1ccccc1. The molecule has 2 heterocycles. The quantitative estimate of drug-likeness (QED) is 0.694. The molecule has 1 amide bonds. The predicted molar refractivity (Wildman–Crippen MR) is 107 cm³/mol. The lowest BCUT2D eigenvalue weighted by molar-refractivity contribution is 0.104. The van der Waals surface area contributed by atoms with E-state index in [4.69, 9.17) is 9.26 Å². The van der Waals surface area contributed by atoms with Gasteiger partial charge in [-0.25, -0.2) is 4.79 Å². The number of aromatic nitrogens is 2. The Morgan fingerprint density at radius 2 is 2.14 bits per heavy atom. The Labute approximate surface area is 170 Å². The summed E-state index contributed by atoms with van der Waals surface area (Å²) in [7, 11) is 0. The molecule has 1 unspecified atom stereocenters. The Hall–Kier alpha value is -2.67. The molecule has 0 spiro atoms. The Morgan fingerprint density at radius 1 is 1.34 bits per heavy atom. The Kier molecular flexibility index (Phi) is 4.62. The molecule has 1 aromatic heterocycles. The van der Waals surface area contributed by atoms with Crippen LogP contribution in [0.2, 0.25) is 0 Å². The maximum absolute atomic E-state index is 12.8. The zero-order valence-electron chi connectivity index (χ0n) is 16.4. The second-order valence-corrected chi connectivity index (χ2v) is 8.41. The number of rotatable bonds is 8. The fourth-order valence-corrected chi connectivity index (χ4v) is 4.12. The van der Waals surface area contributed by atoms with Crippen LogP contribution in [0.3, 0.4) is 0 Å². The third-order valence-corrected chi connectivity index (χ3v) is 6.32. The highest BCUT2D eigenvalue weighted by molar-refractivity contribution is 5.69. The maximum Gasteiger partial charge on any atom is 0.410 e. The average molecular weight is 394 g/mol. The number of ether oxygens (including phenoxy) is 1. The largest absolute Gasteiger partial charge is 0.445 e. The van der Waals surface area contributed by atoms with Crippen molar-refractivity contribution in [2.45, 2.75) is 42.6 Å². The first-order valence-electron chi connectivity index (χ1n) is 10.3. The van der Waals surface area contributed by atoms with E-state index in [1.165, 1.54) is 5.56 Å². The van der Waals surface area contributed by atoms with Crippen LogP contribution in [0.15, 0.2) is 47.5 Å². The molecule has 152 valence electrons. The molecule has 2 aliphatic carbocycles. The predicted octanol–water partition coefficient (Wildman–Crippen LogP) is 2.97. The van der Waals surface area contributed by atoms with Crippen molar-refractivity contribution in [3.05, 3.63) is 60.3 Å². The topological polar surface area (TPSA) is 80.5 Å². The molecule has 29 heavy (non-hydrogen) atoms. The molecule has 3 fully saturated rings. The van der Waals surface area contributed by atoms with Crippen LogP contribution in [0, 0.1) is 0 Å². The average Bonchev–Trinajstić information content (AvgIpc) is 3.61. The first kappa shape index (κ1) is 18.4. The normalized spacial score (nSPS) is 24.4. The van der Waals surface area contributed by atoms with Gasteiger partial charge in [-0.2, -0.15) is 4.98 Å². The van der Waals surface area contributed by atoms with Crippen LogP contribution in [-0.2, 0) is 10.2 Å². The highest BCUT2D eigenvalue weighted by Crippen LogP contribution is 2.51. The molecule has 1 aliphatic heterocycles. The Morgan fingerprint density at radius 3 is 2.79 bits per heavy atom. The van der Waals surface area contributed by atoms with E-state index in [0.717, 1.165) is 38.2 Å². The zero-order valence-corrected chi connectivity index (χ0v) is 16.4. The van der Waals surface area contributed by atoms with Crippen molar-refractivity contribution in [1.29, 1.82) is 0 Å². The van der Waals surface area contributed by atoms with Gasteiger partial charge in [0, 0.05) is 31.6 Å². The molecule has 1 N–H and O–H groups in total. The summed E-state index contributed by atoms with van der Waals surface area (Å²) in [5.41, 5.74) is 1.05. The van der Waals surface area contributed by atoms with Crippen LogP contribution in [0.1, 0.15) is 48.4 Å². The van der Waals surface area contributed by atoms with Crippen molar-refractivity contribution < 1.29 is 14.1 Å². The van der Waals surface area contributed by atoms with Gasteiger partial charge in [0.1, 0.15) is 6.61 Å². The number of nitrogens with one attached hydrogen (secondary N) is 1. The minimum absolute atomic E-state index is 0.148. The minimum atomic E-state index is -0.286. The third kappa shape index (κ3) is 3.55. The molecular weight excluding hydrogens is 368 g/mol. The van der Waals surface area contributed by atoms with E-state index in [9.17, 15) is 4.79 Å². The molecule has 1 aromatic carbocycles.